The third kappa shape index (κ3) is 3.23. The first-order valence-corrected chi connectivity index (χ1v) is 7.93. The maximum absolute atomic E-state index is 3.75. The molecule has 1 saturated heterocycles. The number of nitrogens with one attached hydrogen (secondary N) is 1. The molecule has 1 heterocycles. The lowest BCUT2D eigenvalue weighted by Crippen LogP contribution is -2.26. The summed E-state index contributed by atoms with van der Waals surface area (Å²) in [5.41, 5.74) is 2.70. The second-order valence-electron chi connectivity index (χ2n) is 6.36. The molecule has 0 bridgehead atoms. The van der Waals surface area contributed by atoms with Crippen LogP contribution in [0.1, 0.15) is 45.4 Å². The van der Waals surface area contributed by atoms with E-state index < -0.39 is 0 Å². The fourth-order valence-electron chi connectivity index (χ4n) is 3.57. The average molecular weight is 258 g/mol. The molecule has 2 heteroatoms. The van der Waals surface area contributed by atoms with Gasteiger partial charge >= 0.3 is 0 Å². The molecule has 2 unspecified atom stereocenters. The van der Waals surface area contributed by atoms with E-state index in [2.05, 4.69) is 41.4 Å². The Morgan fingerprint density at radius 2 is 1.95 bits per heavy atom. The summed E-state index contributed by atoms with van der Waals surface area (Å²) >= 11 is 0. The van der Waals surface area contributed by atoms with Crippen molar-refractivity contribution in [2.24, 2.45) is 5.92 Å². The molecule has 1 aliphatic carbocycles. The van der Waals surface area contributed by atoms with Crippen LogP contribution in [0.4, 0.5) is 11.4 Å². The van der Waals surface area contributed by atoms with Crippen LogP contribution in [0.2, 0.25) is 0 Å². The zero-order chi connectivity index (χ0) is 13.1. The standard InChI is InChI=1S/C17H26N2/c1-14-6-4-7-15(12-14)18-16-8-5-9-17(13-16)19-10-2-3-11-19/h5,8-9,13-15,18H,2-4,6-7,10-12H2,1H3. The SMILES string of the molecule is CC1CCCC(Nc2cccc(N3CCCC3)c2)C1. The highest BCUT2D eigenvalue weighted by Gasteiger charge is 2.19. The monoisotopic (exact) mass is 258 g/mol. The summed E-state index contributed by atoms with van der Waals surface area (Å²) in [5, 5.41) is 3.75. The molecule has 0 radical (unpaired) electrons. The van der Waals surface area contributed by atoms with E-state index in [1.807, 2.05) is 0 Å². The molecule has 0 spiro atoms. The Bertz CT molecular complexity index is 409. The Morgan fingerprint density at radius 1 is 1.11 bits per heavy atom. The molecular formula is C17H26N2. The fraction of sp³-hybridized carbons (Fsp3) is 0.647. The number of hydrogen-bond acceptors (Lipinski definition) is 2. The van der Waals surface area contributed by atoms with Gasteiger partial charge in [-0.05, 0) is 49.8 Å². The smallest absolute Gasteiger partial charge is 0.0386 e. The van der Waals surface area contributed by atoms with Crippen molar-refractivity contribution >= 4 is 11.4 Å². The van der Waals surface area contributed by atoms with Gasteiger partial charge in [-0.3, -0.25) is 0 Å². The Hall–Kier alpha value is -1.18. The minimum Gasteiger partial charge on any atom is -0.382 e. The van der Waals surface area contributed by atoms with Gasteiger partial charge in [0, 0.05) is 30.5 Å². The summed E-state index contributed by atoms with van der Waals surface area (Å²) in [6, 6.07) is 9.68. The highest BCUT2D eigenvalue weighted by atomic mass is 15.1. The zero-order valence-electron chi connectivity index (χ0n) is 12.1. The van der Waals surface area contributed by atoms with Crippen molar-refractivity contribution in [2.45, 2.75) is 51.5 Å². The third-order valence-electron chi connectivity index (χ3n) is 4.62. The largest absolute Gasteiger partial charge is 0.382 e. The number of hydrogen-bond donors (Lipinski definition) is 1. The summed E-state index contributed by atoms with van der Waals surface area (Å²) in [6.45, 7) is 4.84. The van der Waals surface area contributed by atoms with Crippen molar-refractivity contribution in [1.82, 2.24) is 0 Å². The number of anilines is 2. The Balaban J connectivity index is 1.65. The van der Waals surface area contributed by atoms with Gasteiger partial charge in [-0.2, -0.15) is 0 Å². The van der Waals surface area contributed by atoms with Crippen LogP contribution >= 0.6 is 0 Å². The molecule has 0 amide bonds. The van der Waals surface area contributed by atoms with Crippen LogP contribution in [-0.4, -0.2) is 19.1 Å². The average Bonchev–Trinajstić information content (AvgIpc) is 2.93. The summed E-state index contributed by atoms with van der Waals surface area (Å²) in [4.78, 5) is 2.51. The molecule has 104 valence electrons. The van der Waals surface area contributed by atoms with Crippen LogP contribution in [0.3, 0.4) is 0 Å². The molecule has 1 N–H and O–H groups in total. The quantitative estimate of drug-likeness (QED) is 0.870. The van der Waals surface area contributed by atoms with Gasteiger partial charge in [0.2, 0.25) is 0 Å². The molecule has 3 rings (SSSR count). The Morgan fingerprint density at radius 3 is 2.74 bits per heavy atom. The van der Waals surface area contributed by atoms with Crippen molar-refractivity contribution in [2.75, 3.05) is 23.3 Å². The number of benzene rings is 1. The van der Waals surface area contributed by atoms with E-state index in [9.17, 15) is 0 Å². The first kappa shape index (κ1) is 12.8. The third-order valence-corrected chi connectivity index (χ3v) is 4.62. The van der Waals surface area contributed by atoms with E-state index in [-0.39, 0.29) is 0 Å². The van der Waals surface area contributed by atoms with Gasteiger partial charge in [-0.25, -0.2) is 0 Å². The molecular weight excluding hydrogens is 232 g/mol. The highest BCUT2D eigenvalue weighted by Crippen LogP contribution is 2.28. The van der Waals surface area contributed by atoms with Crippen LogP contribution in [0.15, 0.2) is 24.3 Å². The Labute approximate surface area is 117 Å². The topological polar surface area (TPSA) is 15.3 Å². The first-order chi connectivity index (χ1) is 9.31. The summed E-state index contributed by atoms with van der Waals surface area (Å²) in [5.74, 6) is 0.882. The molecule has 1 aromatic rings. The molecule has 0 aromatic heterocycles. The maximum Gasteiger partial charge on any atom is 0.0386 e. The van der Waals surface area contributed by atoms with Crippen molar-refractivity contribution < 1.29 is 0 Å². The molecule has 2 aliphatic rings. The van der Waals surface area contributed by atoms with Crippen molar-refractivity contribution in [3.63, 3.8) is 0 Å². The van der Waals surface area contributed by atoms with E-state index in [0.717, 1.165) is 5.92 Å². The van der Waals surface area contributed by atoms with Crippen LogP contribution < -0.4 is 10.2 Å². The minimum absolute atomic E-state index is 0.678. The second-order valence-corrected chi connectivity index (χ2v) is 6.36. The molecule has 1 saturated carbocycles. The van der Waals surface area contributed by atoms with E-state index >= 15 is 0 Å². The normalized spacial score (nSPS) is 27.5. The van der Waals surface area contributed by atoms with Crippen LogP contribution in [0, 0.1) is 5.92 Å². The predicted molar refractivity (Wildman–Crippen MR) is 82.9 cm³/mol. The summed E-state index contributed by atoms with van der Waals surface area (Å²) in [7, 11) is 0. The van der Waals surface area contributed by atoms with Gasteiger partial charge < -0.3 is 10.2 Å². The van der Waals surface area contributed by atoms with Crippen molar-refractivity contribution in [3.05, 3.63) is 24.3 Å². The summed E-state index contributed by atoms with van der Waals surface area (Å²) < 4.78 is 0. The van der Waals surface area contributed by atoms with E-state index in [1.165, 1.54) is 63.0 Å². The van der Waals surface area contributed by atoms with Crippen molar-refractivity contribution in [3.8, 4) is 0 Å². The van der Waals surface area contributed by atoms with Gasteiger partial charge in [0.15, 0.2) is 0 Å². The van der Waals surface area contributed by atoms with E-state index in [0.29, 0.717) is 6.04 Å². The van der Waals surface area contributed by atoms with Crippen LogP contribution in [0.25, 0.3) is 0 Å². The maximum atomic E-state index is 3.75. The summed E-state index contributed by atoms with van der Waals surface area (Å²) in [6.07, 6.45) is 8.14. The first-order valence-electron chi connectivity index (χ1n) is 7.93. The van der Waals surface area contributed by atoms with Crippen LogP contribution in [-0.2, 0) is 0 Å². The van der Waals surface area contributed by atoms with Gasteiger partial charge in [-0.1, -0.05) is 25.8 Å². The Kier molecular flexibility index (Phi) is 3.95. The molecule has 1 aromatic carbocycles. The lowest BCUT2D eigenvalue weighted by molar-refractivity contribution is 0.358. The second kappa shape index (κ2) is 5.85. The van der Waals surface area contributed by atoms with Gasteiger partial charge in [0.1, 0.15) is 0 Å². The molecule has 19 heavy (non-hydrogen) atoms. The molecule has 2 nitrogen and oxygen atoms in total. The number of nitrogens with zero attached hydrogens (tertiary/aromatic N) is 1. The fourth-order valence-corrected chi connectivity index (χ4v) is 3.57. The number of rotatable bonds is 3. The lowest BCUT2D eigenvalue weighted by atomic mass is 9.87. The lowest BCUT2D eigenvalue weighted by Gasteiger charge is -2.28. The molecule has 2 atom stereocenters. The predicted octanol–water partition coefficient (Wildman–Crippen LogP) is 4.28. The zero-order valence-corrected chi connectivity index (χ0v) is 12.1. The van der Waals surface area contributed by atoms with Gasteiger partial charge in [-0.15, -0.1) is 0 Å². The van der Waals surface area contributed by atoms with Crippen LogP contribution in [0.5, 0.6) is 0 Å². The van der Waals surface area contributed by atoms with Crippen molar-refractivity contribution in [1.29, 1.82) is 0 Å². The molecule has 1 aliphatic heterocycles. The van der Waals surface area contributed by atoms with Gasteiger partial charge in [0.25, 0.3) is 0 Å². The molecule has 2 fully saturated rings. The highest BCUT2D eigenvalue weighted by molar-refractivity contribution is 5.58. The minimum atomic E-state index is 0.678. The van der Waals surface area contributed by atoms with E-state index in [1.54, 1.807) is 0 Å². The van der Waals surface area contributed by atoms with Gasteiger partial charge in [0.05, 0.1) is 0 Å². The van der Waals surface area contributed by atoms with E-state index in [4.69, 9.17) is 0 Å².